The highest BCUT2D eigenvalue weighted by Gasteiger charge is 2.10. The first-order valence-corrected chi connectivity index (χ1v) is 6.01. The van der Waals surface area contributed by atoms with Gasteiger partial charge in [-0.05, 0) is 42.8 Å². The maximum Gasteiger partial charge on any atom is 0.255 e. The average molecular weight is 277 g/mol. The molecule has 1 amide bonds. The van der Waals surface area contributed by atoms with E-state index in [1.165, 1.54) is 12.1 Å². The molecule has 2 rings (SSSR count). The molecule has 2 aromatic carbocycles. The Labute approximate surface area is 115 Å². The van der Waals surface area contributed by atoms with Gasteiger partial charge in [0, 0.05) is 5.56 Å². The van der Waals surface area contributed by atoms with Crippen molar-refractivity contribution in [2.45, 2.75) is 6.92 Å². The third-order valence-electron chi connectivity index (χ3n) is 2.66. The van der Waals surface area contributed by atoms with Crippen LogP contribution >= 0.6 is 11.6 Å². The van der Waals surface area contributed by atoms with E-state index in [9.17, 15) is 9.90 Å². The molecule has 4 N–H and O–H groups in total. The van der Waals surface area contributed by atoms with Crippen LogP contribution in [0.2, 0.25) is 5.02 Å². The summed E-state index contributed by atoms with van der Waals surface area (Å²) in [5.74, 6) is -0.344. The smallest absolute Gasteiger partial charge is 0.255 e. The molecule has 0 fully saturated rings. The molecular weight excluding hydrogens is 264 g/mol. The predicted molar refractivity (Wildman–Crippen MR) is 76.7 cm³/mol. The van der Waals surface area contributed by atoms with Gasteiger partial charge in [-0.3, -0.25) is 4.79 Å². The number of nitrogen functional groups attached to an aromatic ring is 1. The van der Waals surface area contributed by atoms with Crippen LogP contribution in [0.15, 0.2) is 36.4 Å². The number of anilines is 2. The molecule has 2 aromatic rings. The lowest BCUT2D eigenvalue weighted by Crippen LogP contribution is -2.12. The predicted octanol–water partition coefficient (Wildman–Crippen LogP) is 3.19. The summed E-state index contributed by atoms with van der Waals surface area (Å²) in [7, 11) is 0. The number of nitrogens with one attached hydrogen (secondary N) is 1. The third kappa shape index (κ3) is 2.98. The molecule has 0 aromatic heterocycles. The number of hydrogen-bond acceptors (Lipinski definition) is 3. The van der Waals surface area contributed by atoms with Crippen molar-refractivity contribution in [1.29, 1.82) is 0 Å². The molecule has 0 atom stereocenters. The summed E-state index contributed by atoms with van der Waals surface area (Å²) in [5, 5.41) is 12.6. The monoisotopic (exact) mass is 276 g/mol. The van der Waals surface area contributed by atoms with Crippen LogP contribution in [0.3, 0.4) is 0 Å². The molecule has 0 spiro atoms. The van der Waals surface area contributed by atoms with Gasteiger partial charge in [0.2, 0.25) is 0 Å². The normalized spacial score (nSPS) is 10.2. The molecule has 5 heteroatoms. The van der Waals surface area contributed by atoms with Crippen LogP contribution in [0.1, 0.15) is 15.9 Å². The van der Waals surface area contributed by atoms with Gasteiger partial charge in [0.05, 0.1) is 16.4 Å². The van der Waals surface area contributed by atoms with Gasteiger partial charge in [-0.15, -0.1) is 0 Å². The van der Waals surface area contributed by atoms with Gasteiger partial charge in [0.15, 0.2) is 0 Å². The quantitative estimate of drug-likeness (QED) is 0.582. The number of amides is 1. The molecule has 0 aliphatic rings. The summed E-state index contributed by atoms with van der Waals surface area (Å²) in [6.07, 6.45) is 0. The van der Waals surface area contributed by atoms with Crippen LogP contribution in [0.5, 0.6) is 5.75 Å². The minimum absolute atomic E-state index is 0.0143. The Bertz CT molecular complexity index is 641. The highest BCUT2D eigenvalue weighted by molar-refractivity contribution is 6.33. The number of carbonyl (C=O) groups excluding carboxylic acids is 1. The maximum absolute atomic E-state index is 12.0. The Morgan fingerprint density at radius 3 is 2.68 bits per heavy atom. The lowest BCUT2D eigenvalue weighted by molar-refractivity contribution is 0.102. The van der Waals surface area contributed by atoms with Gasteiger partial charge in [-0.25, -0.2) is 0 Å². The molecule has 0 aliphatic heterocycles. The number of carbonyl (C=O) groups is 1. The number of phenolic OH excluding ortho intramolecular Hbond substituents is 1. The summed E-state index contributed by atoms with van der Waals surface area (Å²) in [5.41, 5.74) is 7.66. The number of nitrogens with two attached hydrogens (primary N) is 1. The SMILES string of the molecule is Cc1ccc(O)c(NC(=O)c2ccc(N)c(Cl)c2)c1. The molecule has 4 nitrogen and oxygen atoms in total. The van der Waals surface area contributed by atoms with E-state index in [-0.39, 0.29) is 11.7 Å². The zero-order valence-corrected chi connectivity index (χ0v) is 11.0. The van der Waals surface area contributed by atoms with Crippen molar-refractivity contribution >= 4 is 28.9 Å². The Balaban J connectivity index is 2.25. The minimum atomic E-state index is -0.359. The molecule has 19 heavy (non-hydrogen) atoms. The Kier molecular flexibility index (Phi) is 3.62. The van der Waals surface area contributed by atoms with Crippen molar-refractivity contribution in [2.75, 3.05) is 11.1 Å². The summed E-state index contributed by atoms with van der Waals surface area (Å²) >= 11 is 5.86. The maximum atomic E-state index is 12.0. The number of benzene rings is 2. The van der Waals surface area contributed by atoms with Gasteiger partial charge in [0.25, 0.3) is 5.91 Å². The summed E-state index contributed by atoms with van der Waals surface area (Å²) < 4.78 is 0. The van der Waals surface area contributed by atoms with Crippen molar-refractivity contribution in [1.82, 2.24) is 0 Å². The standard InChI is InChI=1S/C14H13ClN2O2/c1-8-2-5-13(18)12(6-8)17-14(19)9-3-4-11(16)10(15)7-9/h2-7,18H,16H2,1H3,(H,17,19). The van der Waals surface area contributed by atoms with Crippen LogP contribution < -0.4 is 11.1 Å². The van der Waals surface area contributed by atoms with Crippen molar-refractivity contribution in [2.24, 2.45) is 0 Å². The second kappa shape index (κ2) is 5.20. The highest BCUT2D eigenvalue weighted by Crippen LogP contribution is 2.25. The molecule has 0 heterocycles. The first-order chi connectivity index (χ1) is 8.97. The first-order valence-electron chi connectivity index (χ1n) is 5.63. The van der Waals surface area contributed by atoms with Crippen molar-refractivity contribution in [3.8, 4) is 5.75 Å². The third-order valence-corrected chi connectivity index (χ3v) is 2.99. The van der Waals surface area contributed by atoms with Gasteiger partial charge in [-0.1, -0.05) is 17.7 Å². The molecule has 0 bridgehead atoms. The fourth-order valence-corrected chi connectivity index (χ4v) is 1.79. The summed E-state index contributed by atoms with van der Waals surface area (Å²) in [4.78, 5) is 12.0. The number of phenols is 1. The van der Waals surface area contributed by atoms with Crippen molar-refractivity contribution < 1.29 is 9.90 Å². The zero-order valence-electron chi connectivity index (χ0n) is 10.3. The fraction of sp³-hybridized carbons (Fsp3) is 0.0714. The van der Waals surface area contributed by atoms with E-state index in [1.54, 1.807) is 24.3 Å². The number of halogens is 1. The van der Waals surface area contributed by atoms with Crippen molar-refractivity contribution in [3.05, 3.63) is 52.5 Å². The Morgan fingerprint density at radius 2 is 2.00 bits per heavy atom. The number of hydrogen-bond donors (Lipinski definition) is 3. The van der Waals surface area contributed by atoms with E-state index in [0.717, 1.165) is 5.56 Å². The molecule has 0 saturated heterocycles. The minimum Gasteiger partial charge on any atom is -0.506 e. The molecule has 0 unspecified atom stereocenters. The molecule has 98 valence electrons. The lowest BCUT2D eigenvalue weighted by atomic mass is 10.1. The Hall–Kier alpha value is -2.20. The molecule has 0 saturated carbocycles. The van der Waals surface area contributed by atoms with Crippen LogP contribution in [0.4, 0.5) is 11.4 Å². The molecule has 0 aliphatic carbocycles. The first kappa shape index (κ1) is 13.2. The molecule has 0 radical (unpaired) electrons. The lowest BCUT2D eigenvalue weighted by Gasteiger charge is -2.09. The van der Waals surface area contributed by atoms with E-state index >= 15 is 0 Å². The number of rotatable bonds is 2. The van der Waals surface area contributed by atoms with Crippen molar-refractivity contribution in [3.63, 3.8) is 0 Å². The van der Waals surface area contributed by atoms with Gasteiger partial charge >= 0.3 is 0 Å². The fourth-order valence-electron chi connectivity index (χ4n) is 1.61. The van der Waals surface area contributed by atoms with Crippen LogP contribution in [-0.4, -0.2) is 11.0 Å². The average Bonchev–Trinajstić information content (AvgIpc) is 2.37. The van der Waals surface area contributed by atoms with E-state index in [1.807, 2.05) is 6.92 Å². The highest BCUT2D eigenvalue weighted by atomic mass is 35.5. The van der Waals surface area contributed by atoms with E-state index < -0.39 is 0 Å². The van der Waals surface area contributed by atoms with Gasteiger partial charge < -0.3 is 16.2 Å². The number of aromatic hydroxyl groups is 1. The second-order valence-corrected chi connectivity index (χ2v) is 4.62. The second-order valence-electron chi connectivity index (χ2n) is 4.21. The summed E-state index contributed by atoms with van der Waals surface area (Å²) in [6, 6.07) is 9.59. The van der Waals surface area contributed by atoms with Gasteiger partial charge in [0.1, 0.15) is 5.75 Å². The van der Waals surface area contributed by atoms with E-state index in [2.05, 4.69) is 5.32 Å². The van der Waals surface area contributed by atoms with E-state index in [0.29, 0.717) is 22.0 Å². The van der Waals surface area contributed by atoms with Gasteiger partial charge in [-0.2, -0.15) is 0 Å². The van der Waals surface area contributed by atoms with Crippen LogP contribution in [0, 0.1) is 6.92 Å². The van der Waals surface area contributed by atoms with E-state index in [4.69, 9.17) is 17.3 Å². The topological polar surface area (TPSA) is 75.3 Å². The Morgan fingerprint density at radius 1 is 1.26 bits per heavy atom. The number of aryl methyl sites for hydroxylation is 1. The largest absolute Gasteiger partial charge is 0.506 e. The summed E-state index contributed by atoms with van der Waals surface area (Å²) in [6.45, 7) is 1.87. The zero-order chi connectivity index (χ0) is 14.0. The molecular formula is C14H13ClN2O2. The van der Waals surface area contributed by atoms with Crippen LogP contribution in [0.25, 0.3) is 0 Å². The van der Waals surface area contributed by atoms with Crippen LogP contribution in [-0.2, 0) is 0 Å².